The molecule has 6 heteroatoms. The van der Waals surface area contributed by atoms with E-state index in [1.807, 2.05) is 0 Å². The number of hydrogen-bond donors (Lipinski definition) is 1. The van der Waals surface area contributed by atoms with Crippen molar-refractivity contribution in [2.45, 2.75) is 33.3 Å². The molecule has 0 saturated carbocycles. The number of hydrogen-bond acceptors (Lipinski definition) is 5. The Morgan fingerprint density at radius 1 is 1.39 bits per heavy atom. The molecule has 100 valence electrons. The Balaban J connectivity index is 2.93. The highest BCUT2D eigenvalue weighted by molar-refractivity contribution is 5.96. The van der Waals surface area contributed by atoms with Gasteiger partial charge in [-0.15, -0.1) is 0 Å². The molecule has 18 heavy (non-hydrogen) atoms. The number of ether oxygens (including phenoxy) is 2. The molecule has 6 nitrogen and oxygen atoms in total. The Bertz CT molecular complexity index is 457. The van der Waals surface area contributed by atoms with Crippen molar-refractivity contribution in [1.82, 2.24) is 4.57 Å². The van der Waals surface area contributed by atoms with E-state index < -0.39 is 17.7 Å². The normalized spacial score (nSPS) is 11.1. The minimum Gasteiger partial charge on any atom is -0.462 e. The maximum absolute atomic E-state index is 11.8. The molecule has 0 amide bonds. The second-order valence-electron chi connectivity index (χ2n) is 4.69. The van der Waals surface area contributed by atoms with Gasteiger partial charge in [-0.2, -0.15) is 0 Å². The van der Waals surface area contributed by atoms with Gasteiger partial charge in [0.2, 0.25) is 0 Å². The largest absolute Gasteiger partial charge is 0.462 e. The van der Waals surface area contributed by atoms with Gasteiger partial charge in [-0.05, 0) is 33.8 Å². The zero-order valence-electron chi connectivity index (χ0n) is 11.0. The minimum atomic E-state index is -0.629. The molecular weight excluding hydrogens is 236 g/mol. The fraction of sp³-hybridized carbons (Fsp3) is 0.500. The Hall–Kier alpha value is -1.98. The second-order valence-corrected chi connectivity index (χ2v) is 4.69. The third-order valence-corrected chi connectivity index (χ3v) is 2.01. The van der Waals surface area contributed by atoms with Gasteiger partial charge in [0.05, 0.1) is 6.61 Å². The summed E-state index contributed by atoms with van der Waals surface area (Å²) in [6.07, 6.45) is 0.755. The first-order valence-electron chi connectivity index (χ1n) is 5.63. The standard InChI is InChI=1S/C12H18N2O4/c1-5-17-10(15)8-6-7-14(9(8)13)11(16)18-12(2,3)4/h6-7H,5,13H2,1-4H3. The molecule has 1 heterocycles. The van der Waals surface area contributed by atoms with E-state index in [1.54, 1.807) is 27.7 Å². The van der Waals surface area contributed by atoms with E-state index in [2.05, 4.69) is 0 Å². The van der Waals surface area contributed by atoms with Crippen LogP contribution in [0.25, 0.3) is 0 Å². The topological polar surface area (TPSA) is 83.5 Å². The lowest BCUT2D eigenvalue weighted by Gasteiger charge is -2.19. The highest BCUT2D eigenvalue weighted by Crippen LogP contribution is 2.17. The molecule has 0 bridgehead atoms. The Kier molecular flexibility index (Phi) is 4.00. The monoisotopic (exact) mass is 254 g/mol. The number of aromatic nitrogens is 1. The number of carbonyl (C=O) groups is 2. The summed E-state index contributed by atoms with van der Waals surface area (Å²) in [6, 6.07) is 1.43. The maximum atomic E-state index is 11.8. The number of rotatable bonds is 2. The van der Waals surface area contributed by atoms with Crippen molar-refractivity contribution in [3.8, 4) is 0 Å². The zero-order valence-corrected chi connectivity index (χ0v) is 11.0. The Morgan fingerprint density at radius 2 is 2.00 bits per heavy atom. The van der Waals surface area contributed by atoms with Gasteiger partial charge in [0.15, 0.2) is 0 Å². The number of nitrogen functional groups attached to an aromatic ring is 1. The quantitative estimate of drug-likeness (QED) is 0.816. The van der Waals surface area contributed by atoms with Gasteiger partial charge in [-0.25, -0.2) is 14.2 Å². The summed E-state index contributed by atoms with van der Waals surface area (Å²) in [4.78, 5) is 23.3. The molecule has 0 saturated heterocycles. The third kappa shape index (κ3) is 3.26. The molecule has 0 aromatic carbocycles. The molecule has 0 unspecified atom stereocenters. The van der Waals surface area contributed by atoms with Gasteiger partial charge in [0.25, 0.3) is 0 Å². The fourth-order valence-electron chi connectivity index (χ4n) is 1.30. The van der Waals surface area contributed by atoms with Crippen molar-refractivity contribution in [3.63, 3.8) is 0 Å². The molecule has 1 rings (SSSR count). The summed E-state index contributed by atoms with van der Waals surface area (Å²) in [5, 5.41) is 0. The smallest absolute Gasteiger partial charge is 0.420 e. The van der Waals surface area contributed by atoms with Gasteiger partial charge in [0.1, 0.15) is 17.0 Å². The molecule has 1 aromatic heterocycles. The summed E-state index contributed by atoms with van der Waals surface area (Å²) < 4.78 is 11.0. The second kappa shape index (κ2) is 5.12. The Labute approximate surface area is 106 Å². The molecular formula is C12H18N2O4. The van der Waals surface area contributed by atoms with Crippen LogP contribution in [0.1, 0.15) is 38.1 Å². The minimum absolute atomic E-state index is 0.0164. The molecule has 0 aliphatic carbocycles. The van der Waals surface area contributed by atoms with Gasteiger partial charge in [-0.1, -0.05) is 0 Å². The van der Waals surface area contributed by atoms with Crippen LogP contribution in [-0.2, 0) is 9.47 Å². The highest BCUT2D eigenvalue weighted by atomic mass is 16.6. The molecule has 0 spiro atoms. The van der Waals surface area contributed by atoms with E-state index in [0.29, 0.717) is 0 Å². The first-order chi connectivity index (χ1) is 8.26. The summed E-state index contributed by atoms with van der Waals surface area (Å²) in [5.41, 5.74) is 5.24. The van der Waals surface area contributed by atoms with Crippen LogP contribution in [0.4, 0.5) is 10.6 Å². The van der Waals surface area contributed by atoms with Crippen molar-refractivity contribution in [1.29, 1.82) is 0 Å². The van der Waals surface area contributed by atoms with Crippen molar-refractivity contribution in [2.75, 3.05) is 12.3 Å². The average molecular weight is 254 g/mol. The van der Waals surface area contributed by atoms with Crippen LogP contribution in [-0.4, -0.2) is 28.8 Å². The number of carbonyl (C=O) groups excluding carboxylic acids is 2. The molecule has 0 aliphatic heterocycles. The van der Waals surface area contributed by atoms with Crippen LogP contribution in [0, 0.1) is 0 Å². The van der Waals surface area contributed by atoms with E-state index in [9.17, 15) is 9.59 Å². The van der Waals surface area contributed by atoms with Crippen LogP contribution < -0.4 is 5.73 Å². The molecule has 0 aliphatic rings. The predicted molar refractivity (Wildman–Crippen MR) is 66.4 cm³/mol. The van der Waals surface area contributed by atoms with E-state index in [4.69, 9.17) is 15.2 Å². The molecule has 2 N–H and O–H groups in total. The fourth-order valence-corrected chi connectivity index (χ4v) is 1.30. The Morgan fingerprint density at radius 3 is 2.50 bits per heavy atom. The highest BCUT2D eigenvalue weighted by Gasteiger charge is 2.22. The molecule has 0 radical (unpaired) electrons. The van der Waals surface area contributed by atoms with E-state index >= 15 is 0 Å². The molecule has 0 fully saturated rings. The van der Waals surface area contributed by atoms with Crippen LogP contribution in [0.2, 0.25) is 0 Å². The summed E-state index contributed by atoms with van der Waals surface area (Å²) in [6.45, 7) is 7.18. The zero-order chi connectivity index (χ0) is 13.9. The summed E-state index contributed by atoms with van der Waals surface area (Å²) in [7, 11) is 0. The summed E-state index contributed by atoms with van der Waals surface area (Å²) in [5.74, 6) is -0.542. The van der Waals surface area contributed by atoms with Gasteiger partial charge >= 0.3 is 12.1 Å². The van der Waals surface area contributed by atoms with Crippen molar-refractivity contribution >= 4 is 17.9 Å². The van der Waals surface area contributed by atoms with E-state index in [-0.39, 0.29) is 18.0 Å². The van der Waals surface area contributed by atoms with E-state index in [1.165, 1.54) is 12.3 Å². The first-order valence-corrected chi connectivity index (χ1v) is 5.63. The molecule has 0 atom stereocenters. The van der Waals surface area contributed by atoms with Gasteiger partial charge in [-0.3, -0.25) is 0 Å². The maximum Gasteiger partial charge on any atom is 0.420 e. The lowest BCUT2D eigenvalue weighted by molar-refractivity contribution is 0.0528. The number of anilines is 1. The first kappa shape index (κ1) is 14.1. The molecule has 1 aromatic rings. The van der Waals surface area contributed by atoms with Crippen molar-refractivity contribution in [2.24, 2.45) is 0 Å². The van der Waals surface area contributed by atoms with Crippen LogP contribution in [0.3, 0.4) is 0 Å². The predicted octanol–water partition coefficient (Wildman–Crippen LogP) is 2.03. The lowest BCUT2D eigenvalue weighted by atomic mass is 10.2. The van der Waals surface area contributed by atoms with Crippen molar-refractivity contribution in [3.05, 3.63) is 17.8 Å². The number of nitrogens with two attached hydrogens (primary N) is 1. The van der Waals surface area contributed by atoms with Crippen LogP contribution >= 0.6 is 0 Å². The average Bonchev–Trinajstić information content (AvgIpc) is 2.57. The number of esters is 1. The summed E-state index contributed by atoms with van der Waals surface area (Å²) >= 11 is 0. The van der Waals surface area contributed by atoms with Gasteiger partial charge < -0.3 is 15.2 Å². The number of nitrogens with zero attached hydrogens (tertiary/aromatic N) is 1. The van der Waals surface area contributed by atoms with Crippen molar-refractivity contribution < 1.29 is 19.1 Å². The van der Waals surface area contributed by atoms with E-state index in [0.717, 1.165) is 4.57 Å². The SMILES string of the molecule is CCOC(=O)c1ccn(C(=O)OC(C)(C)C)c1N. The van der Waals surface area contributed by atoms with Crippen LogP contribution in [0.15, 0.2) is 12.3 Å². The lowest BCUT2D eigenvalue weighted by Crippen LogP contribution is -2.27. The van der Waals surface area contributed by atoms with Gasteiger partial charge in [0, 0.05) is 6.20 Å². The van der Waals surface area contributed by atoms with Crippen LogP contribution in [0.5, 0.6) is 0 Å². The third-order valence-electron chi connectivity index (χ3n) is 2.01.